The number of aliphatic hydroxyl groups is 3. The number of nitrogens with zero attached hydrogens (tertiary/aromatic N) is 3. The van der Waals surface area contributed by atoms with Crippen LogP contribution < -0.4 is 0 Å². The summed E-state index contributed by atoms with van der Waals surface area (Å²) in [6, 6.07) is 1.85. The van der Waals surface area contributed by atoms with Gasteiger partial charge in [0.2, 0.25) is 0 Å². The minimum atomic E-state index is -1.15. The van der Waals surface area contributed by atoms with Gasteiger partial charge in [0, 0.05) is 11.6 Å². The van der Waals surface area contributed by atoms with E-state index in [1.807, 2.05) is 26.8 Å². The quantitative estimate of drug-likeness (QED) is 0.758. The van der Waals surface area contributed by atoms with Crippen LogP contribution in [0.4, 0.5) is 0 Å². The molecule has 1 aliphatic rings. The Balaban J connectivity index is 1.96. The van der Waals surface area contributed by atoms with Gasteiger partial charge in [0.1, 0.15) is 30.3 Å². The van der Waals surface area contributed by atoms with Crippen LogP contribution in [-0.2, 0) is 4.74 Å². The van der Waals surface area contributed by atoms with Crippen molar-refractivity contribution in [3.63, 3.8) is 0 Å². The zero-order valence-electron chi connectivity index (χ0n) is 12.8. The van der Waals surface area contributed by atoms with E-state index < -0.39 is 30.6 Å². The zero-order chi connectivity index (χ0) is 16.0. The molecule has 2 aromatic rings. The molecule has 2 aromatic heterocycles. The van der Waals surface area contributed by atoms with Crippen molar-refractivity contribution in [2.24, 2.45) is 5.92 Å². The summed E-state index contributed by atoms with van der Waals surface area (Å²) in [6.07, 6.45) is -1.57. The van der Waals surface area contributed by atoms with Crippen LogP contribution in [0.3, 0.4) is 0 Å². The van der Waals surface area contributed by atoms with E-state index in [1.165, 1.54) is 6.33 Å². The molecule has 1 aliphatic heterocycles. The molecular formula is C15H21N3O4. The number of aryl methyl sites for hydroxylation is 1. The van der Waals surface area contributed by atoms with Gasteiger partial charge in [-0.15, -0.1) is 0 Å². The maximum Gasteiger partial charge on any atom is 0.164 e. The van der Waals surface area contributed by atoms with E-state index in [1.54, 1.807) is 10.8 Å². The minimum Gasteiger partial charge on any atom is -0.390 e. The molecule has 0 aliphatic carbocycles. The summed E-state index contributed by atoms with van der Waals surface area (Å²) in [5, 5.41) is 31.5. The zero-order valence-corrected chi connectivity index (χ0v) is 12.8. The van der Waals surface area contributed by atoms with Gasteiger partial charge in [-0.2, -0.15) is 0 Å². The Bertz CT molecular complexity index is 672. The van der Waals surface area contributed by atoms with Crippen LogP contribution in [0.15, 0.2) is 18.6 Å². The normalized spacial score (nSPS) is 30.3. The van der Waals surface area contributed by atoms with Crippen molar-refractivity contribution in [2.45, 2.75) is 51.4 Å². The largest absolute Gasteiger partial charge is 0.390 e. The van der Waals surface area contributed by atoms with E-state index in [0.29, 0.717) is 5.65 Å². The average molecular weight is 307 g/mol. The molecule has 1 fully saturated rings. The number of hydrogen-bond donors (Lipinski definition) is 3. The molecule has 7 heteroatoms. The van der Waals surface area contributed by atoms with E-state index in [4.69, 9.17) is 4.74 Å². The third kappa shape index (κ3) is 2.30. The Morgan fingerprint density at radius 2 is 1.95 bits per heavy atom. The molecule has 3 heterocycles. The lowest BCUT2D eigenvalue weighted by atomic mass is 9.97. The molecule has 1 saturated heterocycles. The van der Waals surface area contributed by atoms with Crippen LogP contribution in [0.25, 0.3) is 11.0 Å². The highest BCUT2D eigenvalue weighted by Crippen LogP contribution is 2.34. The molecule has 0 radical (unpaired) electrons. The van der Waals surface area contributed by atoms with E-state index in [-0.39, 0.29) is 5.92 Å². The first-order valence-corrected chi connectivity index (χ1v) is 7.39. The van der Waals surface area contributed by atoms with Gasteiger partial charge in [-0.05, 0) is 18.9 Å². The fraction of sp³-hybridized carbons (Fsp3) is 0.600. The van der Waals surface area contributed by atoms with Crippen molar-refractivity contribution in [3.8, 4) is 0 Å². The molecule has 22 heavy (non-hydrogen) atoms. The Morgan fingerprint density at radius 3 is 2.64 bits per heavy atom. The highest BCUT2D eigenvalue weighted by molar-refractivity contribution is 5.78. The molecule has 0 spiro atoms. The topological polar surface area (TPSA) is 101 Å². The number of ether oxygens (including phenoxy) is 1. The average Bonchev–Trinajstić information content (AvgIpc) is 3.02. The van der Waals surface area contributed by atoms with E-state index in [0.717, 1.165) is 11.1 Å². The van der Waals surface area contributed by atoms with Crippen molar-refractivity contribution >= 4 is 11.0 Å². The van der Waals surface area contributed by atoms with Crippen LogP contribution in [0, 0.1) is 12.8 Å². The van der Waals surface area contributed by atoms with Gasteiger partial charge < -0.3 is 24.6 Å². The second-order valence-electron chi connectivity index (χ2n) is 6.13. The van der Waals surface area contributed by atoms with Gasteiger partial charge in [-0.25, -0.2) is 9.97 Å². The molecular weight excluding hydrogens is 286 g/mol. The van der Waals surface area contributed by atoms with Crippen molar-refractivity contribution in [1.29, 1.82) is 0 Å². The van der Waals surface area contributed by atoms with Crippen LogP contribution in [-0.4, -0.2) is 54.3 Å². The van der Waals surface area contributed by atoms with Crippen LogP contribution in [0.5, 0.6) is 0 Å². The van der Waals surface area contributed by atoms with Crippen molar-refractivity contribution in [1.82, 2.24) is 14.5 Å². The summed E-state index contributed by atoms with van der Waals surface area (Å²) in [6.45, 7) is 5.55. The number of hydrogen-bond acceptors (Lipinski definition) is 6. The highest BCUT2D eigenvalue weighted by Gasteiger charge is 2.47. The third-order valence-corrected chi connectivity index (χ3v) is 4.28. The van der Waals surface area contributed by atoms with E-state index in [2.05, 4.69) is 9.97 Å². The SMILES string of the molecule is Cc1ncnc2c1ccn2[C@@H]1O[C@H](C(O)C(C)C)[C@@H](O)[C@H]1O. The lowest BCUT2D eigenvalue weighted by Gasteiger charge is -2.23. The van der Waals surface area contributed by atoms with Gasteiger partial charge in [-0.1, -0.05) is 13.8 Å². The lowest BCUT2D eigenvalue weighted by Crippen LogP contribution is -2.41. The highest BCUT2D eigenvalue weighted by atomic mass is 16.6. The first-order chi connectivity index (χ1) is 10.4. The molecule has 3 N–H and O–H groups in total. The second-order valence-corrected chi connectivity index (χ2v) is 6.13. The molecule has 0 saturated carbocycles. The summed E-state index contributed by atoms with van der Waals surface area (Å²) in [4.78, 5) is 8.36. The molecule has 0 bridgehead atoms. The summed E-state index contributed by atoms with van der Waals surface area (Å²) in [5.41, 5.74) is 1.46. The standard InChI is InChI=1S/C15H21N3O4/c1-7(2)10(19)13-11(20)12(21)15(22-13)18-5-4-9-8(3)16-6-17-14(9)18/h4-7,10-13,15,19-21H,1-3H3/t10?,11-,12+,13+,15+/m0/s1. The smallest absolute Gasteiger partial charge is 0.164 e. The predicted molar refractivity (Wildman–Crippen MR) is 79.0 cm³/mol. The van der Waals surface area contributed by atoms with Crippen molar-refractivity contribution in [2.75, 3.05) is 0 Å². The third-order valence-electron chi connectivity index (χ3n) is 4.28. The summed E-state index contributed by atoms with van der Waals surface area (Å²) in [5.74, 6) is -0.0865. The van der Waals surface area contributed by atoms with Crippen molar-refractivity contribution < 1.29 is 20.1 Å². The molecule has 0 amide bonds. The minimum absolute atomic E-state index is 0.0865. The van der Waals surface area contributed by atoms with E-state index >= 15 is 0 Å². The molecule has 5 atom stereocenters. The monoisotopic (exact) mass is 307 g/mol. The van der Waals surface area contributed by atoms with Crippen molar-refractivity contribution in [3.05, 3.63) is 24.3 Å². The molecule has 0 aromatic carbocycles. The number of aliphatic hydroxyl groups excluding tert-OH is 3. The second kappa shape index (κ2) is 5.58. The van der Waals surface area contributed by atoms with Crippen LogP contribution in [0.2, 0.25) is 0 Å². The maximum atomic E-state index is 10.3. The molecule has 120 valence electrons. The van der Waals surface area contributed by atoms with E-state index in [9.17, 15) is 15.3 Å². The first-order valence-electron chi connectivity index (χ1n) is 7.39. The maximum absolute atomic E-state index is 10.3. The van der Waals surface area contributed by atoms with Gasteiger partial charge in [0.05, 0.1) is 11.8 Å². The lowest BCUT2D eigenvalue weighted by molar-refractivity contribution is -0.0961. The van der Waals surface area contributed by atoms with Gasteiger partial charge in [-0.3, -0.25) is 0 Å². The van der Waals surface area contributed by atoms with Gasteiger partial charge in [0.15, 0.2) is 6.23 Å². The first kappa shape index (κ1) is 15.4. The Hall–Kier alpha value is -1.54. The number of aromatic nitrogens is 3. The number of rotatable bonds is 3. The number of fused-ring (bicyclic) bond motifs is 1. The summed E-state index contributed by atoms with van der Waals surface area (Å²) < 4.78 is 7.43. The molecule has 3 rings (SSSR count). The fourth-order valence-electron chi connectivity index (χ4n) is 2.88. The van der Waals surface area contributed by atoms with Gasteiger partial charge >= 0.3 is 0 Å². The summed E-state index contributed by atoms with van der Waals surface area (Å²) in [7, 11) is 0. The Kier molecular flexibility index (Phi) is 3.90. The molecule has 7 nitrogen and oxygen atoms in total. The Morgan fingerprint density at radius 1 is 1.23 bits per heavy atom. The predicted octanol–water partition coefficient (Wildman–Crippen LogP) is 0.376. The van der Waals surface area contributed by atoms with Crippen LogP contribution >= 0.6 is 0 Å². The summed E-state index contributed by atoms with van der Waals surface area (Å²) >= 11 is 0. The molecule has 1 unspecified atom stereocenters. The van der Waals surface area contributed by atoms with Crippen LogP contribution in [0.1, 0.15) is 25.8 Å². The fourth-order valence-corrected chi connectivity index (χ4v) is 2.88. The van der Waals surface area contributed by atoms with Gasteiger partial charge in [0.25, 0.3) is 0 Å². The Labute approximate surface area is 128 Å².